The number of amides is 7. The molecule has 16 atom stereocenters. The SMILES string of the molecule is C/C1=C2/[N-]C(/C=C3\[N-]C(/C(C)=C4\[N-]C([C@H](CC(N)=O)[C@@]4(C)CCC(=O)NC[C@@H](C)OP(=O)(O)O[C@H]4[C@@H](O)[C@@H]([n+]5c[n-]c6cc(C)c(C)cc65)O[C@@H]4CO)[C@]4(C)[N-]C1=C(CCC(N)=O)[C@]4(C)CC(N)=O)[C@@H](CCC(N)=O)C3(C)C)[C@@H](CCC(N)=O)[C@]2(C)CC(N)=O.[C-]#N.[Co]. The van der Waals surface area contributed by atoms with E-state index in [0.717, 1.165) is 11.1 Å². The number of nitrogens with two attached hydrogens (primary N) is 6. The van der Waals surface area contributed by atoms with Gasteiger partial charge in [-0.3, -0.25) is 42.6 Å². The first kappa shape index (κ1) is 75.2. The van der Waals surface area contributed by atoms with Gasteiger partial charge in [0.25, 0.3) is 0 Å². The number of carbonyl (C=O) groups is 7. The summed E-state index contributed by atoms with van der Waals surface area (Å²) in [6, 6.07) is 1.21. The summed E-state index contributed by atoms with van der Waals surface area (Å²) in [7, 11) is -5.07. The number of aryl methyl sites for hydroxylation is 2. The number of nitrogens with one attached hydrogen (secondary N) is 1. The summed E-state index contributed by atoms with van der Waals surface area (Å²) in [6.07, 6.45) is -4.33. The number of phosphoric acid groups is 1. The van der Waals surface area contributed by atoms with Crippen molar-refractivity contribution in [2.45, 2.75) is 201 Å². The molecule has 93 heavy (non-hydrogen) atoms. The molecule has 0 saturated carbocycles. The van der Waals surface area contributed by atoms with Crippen molar-refractivity contribution in [2.75, 3.05) is 13.2 Å². The zero-order chi connectivity index (χ0) is 68.7. The van der Waals surface area contributed by atoms with E-state index < -0.39 is 150 Å². The fraction of sp³-hybridized carbons (Fsp3) is 0.635. The van der Waals surface area contributed by atoms with E-state index in [1.807, 2.05) is 66.7 Å². The summed E-state index contributed by atoms with van der Waals surface area (Å²) in [5.74, 6) is -6.35. The normalized spacial score (nSPS) is 33.9. The number of hydrogen-bond donors (Lipinski definition) is 10. The van der Waals surface area contributed by atoms with Gasteiger partial charge >= 0.3 is 7.82 Å². The number of imidazole rings is 1. The Labute approximate surface area is 552 Å². The molecule has 4 unspecified atom stereocenters. The monoisotopic (exact) mass is 1360 g/mol. The van der Waals surface area contributed by atoms with Gasteiger partial charge in [0.1, 0.15) is 18.3 Å². The van der Waals surface area contributed by atoms with Gasteiger partial charge in [0.15, 0.2) is 6.23 Å². The summed E-state index contributed by atoms with van der Waals surface area (Å²) < 4.78 is 32.3. The zero-order valence-corrected chi connectivity index (χ0v) is 56.5. The fourth-order valence-corrected chi connectivity index (χ4v) is 16.7. The van der Waals surface area contributed by atoms with E-state index >= 15 is 0 Å². The van der Waals surface area contributed by atoms with Crippen LogP contribution in [0, 0.1) is 65.1 Å². The van der Waals surface area contributed by atoms with Gasteiger partial charge in [-0.1, -0.05) is 64.8 Å². The number of aliphatic hydroxyl groups is 2. The molecule has 6 aliphatic rings. The van der Waals surface area contributed by atoms with E-state index in [1.54, 1.807) is 25.3 Å². The van der Waals surface area contributed by atoms with Gasteiger partial charge in [0, 0.05) is 68.3 Å². The molecule has 4 saturated heterocycles. The molecular weight excluding hydrogens is 1270 g/mol. The van der Waals surface area contributed by atoms with E-state index in [4.69, 9.17) is 81.3 Å². The van der Waals surface area contributed by atoms with Crippen LogP contribution in [0.15, 0.2) is 64.0 Å². The van der Waals surface area contributed by atoms with Crippen LogP contribution >= 0.6 is 7.82 Å². The molecule has 0 spiro atoms. The van der Waals surface area contributed by atoms with Gasteiger partial charge < -0.3 is 97.2 Å². The number of aliphatic hydroxyl groups excluding tert-OH is 2. The van der Waals surface area contributed by atoms with Crippen molar-refractivity contribution in [1.82, 2.24) is 10.3 Å². The van der Waals surface area contributed by atoms with E-state index in [9.17, 15) is 53.2 Å². The summed E-state index contributed by atoms with van der Waals surface area (Å²) in [4.78, 5) is 109. The molecule has 2 aromatic rings. The van der Waals surface area contributed by atoms with Crippen LogP contribution in [-0.2, 0) is 68.7 Å². The molecule has 8 rings (SSSR count). The Morgan fingerprint density at radius 1 is 0.796 bits per heavy atom. The molecule has 1 radical (unpaired) electrons. The number of allylic oxidation sites excluding steroid dienone is 4. The Balaban J connectivity index is 0.00000453. The molecule has 6 aliphatic heterocycles. The first-order valence-corrected chi connectivity index (χ1v) is 32.3. The maximum absolute atomic E-state index is 14.4. The van der Waals surface area contributed by atoms with Crippen molar-refractivity contribution in [3.63, 3.8) is 0 Å². The third-order valence-electron chi connectivity index (χ3n) is 20.6. The number of fused-ring (bicyclic) bond motifs is 10. The topological polar surface area (TPSA) is 491 Å². The quantitative estimate of drug-likeness (QED) is 0.0357. The van der Waals surface area contributed by atoms with Crippen molar-refractivity contribution in [3.05, 3.63) is 103 Å². The van der Waals surface area contributed by atoms with Crippen LogP contribution < -0.4 is 49.3 Å². The fourth-order valence-electron chi connectivity index (χ4n) is 15.5. The van der Waals surface area contributed by atoms with Crippen molar-refractivity contribution in [2.24, 2.45) is 73.8 Å². The Bertz CT molecular complexity index is 3480. The number of nitrogens with zero attached hydrogens (tertiary/aromatic N) is 7. The molecule has 515 valence electrons. The smallest absolute Gasteiger partial charge is 0.472 e. The minimum atomic E-state index is -5.07. The predicted octanol–water partition coefficient (Wildman–Crippen LogP) is 4.26. The first-order chi connectivity index (χ1) is 42.8. The molecule has 0 aliphatic carbocycles. The number of primary amides is 6. The van der Waals surface area contributed by atoms with E-state index in [-0.39, 0.29) is 94.0 Å². The molecule has 1 aromatic heterocycles. The second kappa shape index (κ2) is 28.6. The third kappa shape index (κ3) is 14.7. The summed E-state index contributed by atoms with van der Waals surface area (Å²) in [6.45, 7) is 24.0. The minimum absolute atomic E-state index is 0. The second-order valence-corrected chi connectivity index (χ2v) is 28.5. The average molecular weight is 1360 g/mol. The largest absolute Gasteiger partial charge is 0.685 e. The number of benzene rings is 1. The van der Waals surface area contributed by atoms with Gasteiger partial charge in [-0.2, -0.15) is 17.1 Å². The molecule has 7 heterocycles. The van der Waals surface area contributed by atoms with Crippen LogP contribution in [0.1, 0.15) is 150 Å². The maximum Gasteiger partial charge on any atom is 0.472 e. The maximum atomic E-state index is 14.4. The van der Waals surface area contributed by atoms with Gasteiger partial charge in [-0.25, -0.2) is 9.55 Å². The Morgan fingerprint density at radius 2 is 1.40 bits per heavy atom. The van der Waals surface area contributed by atoms with Crippen molar-refractivity contribution < 1.29 is 88.4 Å². The zero-order valence-electron chi connectivity index (χ0n) is 54.6. The van der Waals surface area contributed by atoms with Crippen molar-refractivity contribution >= 4 is 60.2 Å². The van der Waals surface area contributed by atoms with Crippen LogP contribution in [0.4, 0.5) is 0 Å². The molecule has 1 aromatic carbocycles. The summed E-state index contributed by atoms with van der Waals surface area (Å²) >= 11 is 0. The predicted molar refractivity (Wildman–Crippen MR) is 335 cm³/mol. The minimum Gasteiger partial charge on any atom is -0.685 e. The number of carbonyl (C=O) groups excluding carboxylic acids is 7. The van der Waals surface area contributed by atoms with Gasteiger partial charge in [-0.15, -0.1) is 28.9 Å². The van der Waals surface area contributed by atoms with Gasteiger partial charge in [0.2, 0.25) is 41.4 Å². The molecule has 28 nitrogen and oxygen atoms in total. The Morgan fingerprint density at radius 3 is 1.98 bits per heavy atom. The van der Waals surface area contributed by atoms with E-state index in [0.29, 0.717) is 50.5 Å². The number of hydrogen-bond acceptors (Lipinski definition) is 14. The van der Waals surface area contributed by atoms with Crippen LogP contribution in [0.2, 0.25) is 0 Å². The number of rotatable bonds is 26. The summed E-state index contributed by atoms with van der Waals surface area (Å²) in [5.41, 5.74) is 36.5. The van der Waals surface area contributed by atoms with Gasteiger partial charge in [-0.05, 0) is 123 Å². The number of phosphoric ester groups is 1. The van der Waals surface area contributed by atoms with E-state index in [1.165, 1.54) is 13.3 Å². The molecule has 4 fully saturated rings. The van der Waals surface area contributed by atoms with Crippen molar-refractivity contribution in [1.29, 1.82) is 5.26 Å². The Hall–Kier alpha value is -6.87. The standard InChI is InChI=1S/C62H90N13O14P.CN.Co/c1-29-20-39-40(21-30(29)2)75(28-70-39)57-52(84)53(41(27-76)87-57)89-90(85,86)88-31(3)26-69-49(83)18-19-59(8)37(22-46(66)80)56-62(11)61(10,25-48(68)82)36(14-17-45(65)79)51(74-62)33(5)55-60(9,24-47(67)81)34(12-15-43(63)77)38(71-55)23-42-58(6,7)35(13-16-44(64)78)50(72-42)32(4)54(59)73-56;1-2;/h20-21,23,28,31,34-35,37-38,41,50,52-53,56-57,76,84H,12-19,22,24-27H2,1-11H3,(H14,63,64,65,66,67,68,69,77,78,79,80,81,82,83,85,86);;/q-4;-1;/b42-23-,54-32-,55-33-;;/t31-,34-,35-,37+,38?,41-,50?,52-,53-,56?,57+,59-,60+,61+,62+;;/m1../s1. The van der Waals surface area contributed by atoms with E-state index in [2.05, 4.69) is 10.3 Å². The average Bonchev–Trinajstić information content (AvgIpc) is 1.53. The molecule has 30 heteroatoms. The summed E-state index contributed by atoms with van der Waals surface area (Å²) in [5, 5.41) is 53.0. The molecular formula is C63H90CoN14O14P-5. The second-order valence-electron chi connectivity index (χ2n) is 27.1. The molecule has 7 amide bonds. The molecule has 8 bridgehead atoms. The van der Waals surface area contributed by atoms with Crippen LogP contribution in [0.25, 0.3) is 32.3 Å². The molecule has 16 N–H and O–H groups in total. The van der Waals surface area contributed by atoms with Crippen LogP contribution in [-0.4, -0.2) is 118 Å². The number of aromatic nitrogens is 2. The Kier molecular flexibility index (Phi) is 23.1. The van der Waals surface area contributed by atoms with Crippen molar-refractivity contribution in [3.8, 4) is 0 Å². The first-order valence-electron chi connectivity index (χ1n) is 30.8. The van der Waals surface area contributed by atoms with Crippen LogP contribution in [0.5, 0.6) is 0 Å². The van der Waals surface area contributed by atoms with Gasteiger partial charge in [0.05, 0.1) is 30.1 Å². The van der Waals surface area contributed by atoms with Crippen LogP contribution in [0.3, 0.4) is 0 Å². The third-order valence-corrected chi connectivity index (χ3v) is 21.8. The number of ether oxygens (including phenoxy) is 1.